The number of unbranched alkanes of at least 4 members (excludes halogenated alkanes) is 15. The molecule has 0 aliphatic carbocycles. The van der Waals surface area contributed by atoms with Crippen LogP contribution in [0.2, 0.25) is 6.04 Å². The lowest BCUT2D eigenvalue weighted by atomic mass is 10.0. The summed E-state index contributed by atoms with van der Waals surface area (Å²) in [7, 11) is -3.37. The van der Waals surface area contributed by atoms with E-state index in [1.54, 1.807) is 0 Å². The Morgan fingerprint density at radius 3 is 1.21 bits per heavy atom. The van der Waals surface area contributed by atoms with Crippen molar-refractivity contribution >= 4 is 18.9 Å². The summed E-state index contributed by atoms with van der Waals surface area (Å²) in [6.07, 6.45) is 23.6. The molecule has 0 spiro atoms. The molecule has 0 atom stereocenters. The number of hydrogen-bond acceptors (Lipinski definition) is 6. The second kappa shape index (κ2) is 21.3. The van der Waals surface area contributed by atoms with Crippen molar-refractivity contribution in [1.29, 1.82) is 0 Å². The molecule has 0 bridgehead atoms. The molecule has 0 amide bonds. The molecule has 0 radical (unpaired) electrons. The van der Waals surface area contributed by atoms with Gasteiger partial charge in [0, 0.05) is 18.7 Å². The molecule has 0 aliphatic heterocycles. The number of quaternary nitrogens is 1. The molecule has 0 unspecified atom stereocenters. The van der Waals surface area contributed by atoms with E-state index in [4.69, 9.17) is 27.4 Å². The summed E-state index contributed by atoms with van der Waals surface area (Å²) < 4.78 is 28.1. The monoisotopic (exact) mass is 513 g/mol. The Bertz CT molecular complexity index is 516. The molecular formula is C24H55NO6SSi. The molecule has 0 aliphatic rings. The largest absolute Gasteiger partial charge is 0.748 e. The van der Waals surface area contributed by atoms with Crippen LogP contribution in [0.15, 0.2) is 0 Å². The zero-order valence-corrected chi connectivity index (χ0v) is 23.9. The van der Waals surface area contributed by atoms with Gasteiger partial charge in [-0.15, -0.1) is 0 Å². The Kier molecular flexibility index (Phi) is 22.6. The lowest BCUT2D eigenvalue weighted by Crippen LogP contribution is -2.43. The van der Waals surface area contributed by atoms with Gasteiger partial charge in [0.25, 0.3) is 0 Å². The highest BCUT2D eigenvalue weighted by Crippen LogP contribution is 2.14. The van der Waals surface area contributed by atoms with Crippen LogP contribution in [-0.4, -0.2) is 74.1 Å². The maximum Gasteiger partial charge on any atom is 0.492 e. The fourth-order valence-electron chi connectivity index (χ4n) is 3.94. The normalized spacial score (nSPS) is 12.5. The van der Waals surface area contributed by atoms with E-state index in [1.165, 1.54) is 103 Å². The standard InChI is InChI=1S/C23H52NO3Si.CH4O3S/c1-4-5-6-7-8-9-10-11-12-13-14-15-16-17-18-19-21-24(2,3)22-20-23-28(25,26)27;1-5(2,3)4/h25-27H,4-23H2,1-3H3;1H3,(H,2,3,4)/q+1;/p-1. The van der Waals surface area contributed by atoms with E-state index in [9.17, 15) is 0 Å². The quantitative estimate of drug-likeness (QED) is 0.0879. The molecule has 0 saturated carbocycles. The van der Waals surface area contributed by atoms with E-state index >= 15 is 0 Å². The minimum atomic E-state index is -3.92. The van der Waals surface area contributed by atoms with Gasteiger partial charge in [-0.1, -0.05) is 96.8 Å². The molecule has 9 heteroatoms. The van der Waals surface area contributed by atoms with Crippen LogP contribution in [0.25, 0.3) is 0 Å². The SMILES string of the molecule is CCCCCCCCCCCCCCCCCC[N+](C)(C)CCC[Si](O)(O)O.CS(=O)(=O)[O-]. The molecule has 7 nitrogen and oxygen atoms in total. The van der Waals surface area contributed by atoms with E-state index in [0.717, 1.165) is 17.6 Å². The van der Waals surface area contributed by atoms with Gasteiger partial charge in [0.15, 0.2) is 0 Å². The third-order valence-electron chi connectivity index (χ3n) is 5.89. The third kappa shape index (κ3) is 39.5. The summed E-state index contributed by atoms with van der Waals surface area (Å²) >= 11 is 0. The lowest BCUT2D eigenvalue weighted by molar-refractivity contribution is -0.890. The fraction of sp³-hybridized carbons (Fsp3) is 1.00. The van der Waals surface area contributed by atoms with Gasteiger partial charge < -0.3 is 23.4 Å². The second-order valence-corrected chi connectivity index (χ2v) is 13.7. The van der Waals surface area contributed by atoms with Gasteiger partial charge in [0.2, 0.25) is 0 Å². The van der Waals surface area contributed by atoms with Crippen LogP contribution in [-0.2, 0) is 10.1 Å². The van der Waals surface area contributed by atoms with Gasteiger partial charge in [-0.3, -0.25) is 0 Å². The van der Waals surface area contributed by atoms with Crippen molar-refractivity contribution in [1.82, 2.24) is 0 Å². The Labute approximate surface area is 206 Å². The van der Waals surface area contributed by atoms with Crippen LogP contribution < -0.4 is 0 Å². The lowest BCUT2D eigenvalue weighted by Gasteiger charge is -2.30. The van der Waals surface area contributed by atoms with Gasteiger partial charge >= 0.3 is 8.80 Å². The zero-order valence-electron chi connectivity index (χ0n) is 22.1. The Morgan fingerprint density at radius 1 is 0.636 bits per heavy atom. The average molecular weight is 514 g/mol. The maximum absolute atomic E-state index is 9.08. The highest BCUT2D eigenvalue weighted by molar-refractivity contribution is 7.84. The first kappa shape index (κ1) is 35.1. The second-order valence-electron chi connectivity index (χ2n) is 10.3. The van der Waals surface area contributed by atoms with Crippen molar-refractivity contribution in [3.63, 3.8) is 0 Å². The van der Waals surface area contributed by atoms with Crippen LogP contribution in [0.3, 0.4) is 0 Å². The van der Waals surface area contributed by atoms with E-state index in [0.29, 0.717) is 12.7 Å². The molecule has 0 saturated heterocycles. The Balaban J connectivity index is 0. The summed E-state index contributed by atoms with van der Waals surface area (Å²) in [5, 5.41) is 0. The van der Waals surface area contributed by atoms with E-state index in [-0.39, 0.29) is 6.04 Å². The van der Waals surface area contributed by atoms with Crippen molar-refractivity contribution in [3.8, 4) is 0 Å². The number of hydrogen-bond donors (Lipinski definition) is 3. The van der Waals surface area contributed by atoms with Gasteiger partial charge in [0.05, 0.1) is 37.3 Å². The van der Waals surface area contributed by atoms with Gasteiger partial charge in [-0.25, -0.2) is 8.42 Å². The molecule has 0 fully saturated rings. The Morgan fingerprint density at radius 2 is 0.909 bits per heavy atom. The van der Waals surface area contributed by atoms with Crippen molar-refractivity contribution in [3.05, 3.63) is 0 Å². The molecule has 0 aromatic carbocycles. The summed E-state index contributed by atoms with van der Waals surface area (Å²) in [4.78, 5) is 27.2. The average Bonchev–Trinajstić information content (AvgIpc) is 2.65. The highest BCUT2D eigenvalue weighted by Gasteiger charge is 2.27. The molecule has 0 aromatic heterocycles. The predicted molar refractivity (Wildman–Crippen MR) is 139 cm³/mol. The van der Waals surface area contributed by atoms with Crippen LogP contribution in [0.4, 0.5) is 0 Å². The van der Waals surface area contributed by atoms with Crippen LogP contribution >= 0.6 is 0 Å². The summed E-state index contributed by atoms with van der Waals surface area (Å²) in [5.74, 6) is 0. The van der Waals surface area contributed by atoms with Crippen molar-refractivity contribution in [2.24, 2.45) is 0 Å². The van der Waals surface area contributed by atoms with Crippen LogP contribution in [0.5, 0.6) is 0 Å². The predicted octanol–water partition coefficient (Wildman–Crippen LogP) is 4.79. The first-order chi connectivity index (χ1) is 15.3. The van der Waals surface area contributed by atoms with Crippen LogP contribution in [0, 0.1) is 0 Å². The molecule has 0 aromatic rings. The first-order valence-electron chi connectivity index (χ1n) is 13.2. The third-order valence-corrected chi connectivity index (χ3v) is 6.92. The molecule has 33 heavy (non-hydrogen) atoms. The zero-order chi connectivity index (χ0) is 25.6. The van der Waals surface area contributed by atoms with Crippen molar-refractivity contribution in [2.45, 2.75) is 122 Å². The van der Waals surface area contributed by atoms with Gasteiger partial charge in [0.1, 0.15) is 0 Å². The molecule has 0 rings (SSSR count). The highest BCUT2D eigenvalue weighted by atomic mass is 32.2. The minimum Gasteiger partial charge on any atom is -0.748 e. The maximum atomic E-state index is 9.08. The smallest absolute Gasteiger partial charge is 0.492 e. The Hall–Kier alpha value is -0.0331. The topological polar surface area (TPSA) is 118 Å². The molecular weight excluding hydrogens is 458 g/mol. The summed E-state index contributed by atoms with van der Waals surface area (Å²) in [6.45, 7) is 4.31. The van der Waals surface area contributed by atoms with Crippen molar-refractivity contribution < 1.29 is 31.8 Å². The minimum absolute atomic E-state index is 0.160. The first-order valence-corrected chi connectivity index (χ1v) is 17.0. The van der Waals surface area contributed by atoms with Crippen molar-refractivity contribution in [2.75, 3.05) is 33.4 Å². The summed E-state index contributed by atoms with van der Waals surface area (Å²) in [6, 6.07) is 0.160. The van der Waals surface area contributed by atoms with E-state index in [1.807, 2.05) is 0 Å². The van der Waals surface area contributed by atoms with E-state index in [2.05, 4.69) is 21.0 Å². The van der Waals surface area contributed by atoms with E-state index < -0.39 is 18.9 Å². The molecule has 0 heterocycles. The van der Waals surface area contributed by atoms with Gasteiger partial charge in [-0.2, -0.15) is 0 Å². The van der Waals surface area contributed by atoms with Crippen LogP contribution in [0.1, 0.15) is 116 Å². The number of rotatable bonds is 21. The fourth-order valence-corrected chi connectivity index (χ4v) is 4.58. The molecule has 202 valence electrons. The molecule has 3 N–H and O–H groups in total. The van der Waals surface area contributed by atoms with Gasteiger partial charge in [-0.05, 0) is 12.8 Å². The number of nitrogens with zero attached hydrogens (tertiary/aromatic N) is 1. The summed E-state index contributed by atoms with van der Waals surface area (Å²) in [5.41, 5.74) is 0.